The summed E-state index contributed by atoms with van der Waals surface area (Å²) >= 11 is 0.929. The number of para-hydroxylation sites is 1. The summed E-state index contributed by atoms with van der Waals surface area (Å²) in [7, 11) is -4.27. The highest BCUT2D eigenvalue weighted by Gasteiger charge is 2.16. The Balaban J connectivity index is 2.19. The molecule has 1 heterocycles. The van der Waals surface area contributed by atoms with Crippen LogP contribution in [0.5, 0.6) is 0 Å². The van der Waals surface area contributed by atoms with E-state index in [4.69, 9.17) is 10.3 Å². The van der Waals surface area contributed by atoms with Gasteiger partial charge >= 0.3 is 10.1 Å². The molecule has 7 heteroatoms. The van der Waals surface area contributed by atoms with Crippen LogP contribution in [-0.2, 0) is 10.1 Å². The van der Waals surface area contributed by atoms with Crippen LogP contribution >= 0.6 is 11.3 Å². The normalized spacial score (nSPS) is 11.8. The number of anilines is 1. The zero-order valence-corrected chi connectivity index (χ0v) is 11.8. The number of fused-ring (bicyclic) bond motifs is 1. The van der Waals surface area contributed by atoms with E-state index in [2.05, 4.69) is 4.98 Å². The van der Waals surface area contributed by atoms with Crippen molar-refractivity contribution in [1.82, 2.24) is 4.98 Å². The van der Waals surface area contributed by atoms with Gasteiger partial charge in [0.15, 0.2) is 0 Å². The maximum Gasteiger partial charge on any atom is 0.322 e. The first-order valence-electron chi connectivity index (χ1n) is 5.68. The van der Waals surface area contributed by atoms with Crippen molar-refractivity contribution in [2.24, 2.45) is 0 Å². The first-order chi connectivity index (χ1) is 9.45. The van der Waals surface area contributed by atoms with E-state index >= 15 is 0 Å². The molecule has 20 heavy (non-hydrogen) atoms. The average Bonchev–Trinajstić information content (AvgIpc) is 2.82. The van der Waals surface area contributed by atoms with Crippen molar-refractivity contribution in [2.45, 2.75) is 4.34 Å². The number of aromatic nitrogens is 1. The minimum absolute atomic E-state index is 0.300. The molecule has 5 nitrogen and oxygen atoms in total. The molecule has 0 atom stereocenters. The number of hydrogen-bond acceptors (Lipinski definition) is 5. The van der Waals surface area contributed by atoms with Crippen LogP contribution in [0.15, 0.2) is 46.8 Å². The summed E-state index contributed by atoms with van der Waals surface area (Å²) in [5, 5.41) is 0. The van der Waals surface area contributed by atoms with E-state index in [0.29, 0.717) is 15.9 Å². The maximum absolute atomic E-state index is 11.1. The van der Waals surface area contributed by atoms with Crippen molar-refractivity contribution in [3.8, 4) is 11.1 Å². The van der Waals surface area contributed by atoms with Crippen molar-refractivity contribution in [3.63, 3.8) is 0 Å². The summed E-state index contributed by atoms with van der Waals surface area (Å²) in [5.41, 5.74) is 8.84. The largest absolute Gasteiger partial charge is 0.398 e. The highest BCUT2D eigenvalue weighted by Crippen LogP contribution is 2.32. The SMILES string of the molecule is Nc1ccccc1-c1ccc2nc(S(=O)(=O)O)sc2c1. The van der Waals surface area contributed by atoms with Crippen LogP contribution in [-0.4, -0.2) is 18.0 Å². The summed E-state index contributed by atoms with van der Waals surface area (Å²) in [4.78, 5) is 3.89. The lowest BCUT2D eigenvalue weighted by atomic mass is 10.0. The van der Waals surface area contributed by atoms with Crippen molar-refractivity contribution < 1.29 is 13.0 Å². The number of nitrogens with two attached hydrogens (primary N) is 1. The molecule has 0 radical (unpaired) electrons. The van der Waals surface area contributed by atoms with Crippen LogP contribution in [0.1, 0.15) is 0 Å². The molecule has 3 aromatic rings. The van der Waals surface area contributed by atoms with Crippen molar-refractivity contribution in [2.75, 3.05) is 5.73 Å². The number of nitrogen functional groups attached to an aromatic ring is 1. The van der Waals surface area contributed by atoms with Gasteiger partial charge in [0.2, 0.25) is 4.34 Å². The Labute approximate surface area is 119 Å². The van der Waals surface area contributed by atoms with Gasteiger partial charge in [-0.25, -0.2) is 4.98 Å². The summed E-state index contributed by atoms with van der Waals surface area (Å²) < 4.78 is 31.6. The van der Waals surface area contributed by atoms with Gasteiger partial charge in [-0.05, 0) is 23.8 Å². The van der Waals surface area contributed by atoms with Crippen LogP contribution in [0.4, 0.5) is 5.69 Å². The van der Waals surface area contributed by atoms with Crippen molar-refractivity contribution in [1.29, 1.82) is 0 Å². The third-order valence-corrected chi connectivity index (χ3v) is 5.09. The molecule has 3 rings (SSSR count). The van der Waals surface area contributed by atoms with Crippen molar-refractivity contribution >= 4 is 37.4 Å². The fourth-order valence-electron chi connectivity index (χ4n) is 1.94. The molecule has 0 spiro atoms. The molecule has 0 saturated heterocycles. The highest BCUT2D eigenvalue weighted by molar-refractivity contribution is 7.88. The molecule has 0 bridgehead atoms. The van der Waals surface area contributed by atoms with Gasteiger partial charge in [0.25, 0.3) is 0 Å². The molecular weight excluding hydrogens is 296 g/mol. The predicted molar refractivity (Wildman–Crippen MR) is 79.3 cm³/mol. The van der Waals surface area contributed by atoms with E-state index in [1.807, 2.05) is 30.3 Å². The minimum Gasteiger partial charge on any atom is -0.398 e. The topological polar surface area (TPSA) is 93.3 Å². The van der Waals surface area contributed by atoms with Gasteiger partial charge in [-0.1, -0.05) is 24.3 Å². The summed E-state index contributed by atoms with van der Waals surface area (Å²) in [6.07, 6.45) is 0. The molecule has 0 aliphatic rings. The second kappa shape index (κ2) is 4.55. The molecule has 102 valence electrons. The standard InChI is InChI=1S/C13H10N2O3S2/c14-10-4-2-1-3-9(10)8-5-6-11-12(7-8)19-13(15-11)20(16,17)18/h1-7H,14H2,(H,16,17,18). The van der Waals surface area contributed by atoms with Gasteiger partial charge in [0, 0.05) is 11.3 Å². The van der Waals surface area contributed by atoms with Gasteiger partial charge in [-0.3, -0.25) is 4.55 Å². The Hall–Kier alpha value is -1.96. The highest BCUT2D eigenvalue weighted by atomic mass is 32.3. The molecule has 0 aliphatic carbocycles. The van der Waals surface area contributed by atoms with Gasteiger partial charge in [-0.15, -0.1) is 11.3 Å². The third-order valence-electron chi connectivity index (χ3n) is 2.86. The van der Waals surface area contributed by atoms with Crippen LogP contribution in [0.2, 0.25) is 0 Å². The summed E-state index contributed by atoms with van der Waals surface area (Å²) in [6.45, 7) is 0. The van der Waals surface area contributed by atoms with Crippen LogP contribution in [0.3, 0.4) is 0 Å². The summed E-state index contributed by atoms with van der Waals surface area (Å²) in [5.74, 6) is 0. The minimum atomic E-state index is -4.27. The van der Waals surface area contributed by atoms with E-state index in [-0.39, 0.29) is 4.34 Å². The van der Waals surface area contributed by atoms with E-state index in [9.17, 15) is 8.42 Å². The quantitative estimate of drug-likeness (QED) is 0.561. The first kappa shape index (κ1) is 13.0. The Bertz CT molecular complexity index is 901. The zero-order chi connectivity index (χ0) is 14.3. The lowest BCUT2D eigenvalue weighted by Crippen LogP contribution is -1.95. The second-order valence-corrected chi connectivity index (χ2v) is 6.85. The molecule has 0 amide bonds. The van der Waals surface area contributed by atoms with Gasteiger partial charge in [0.1, 0.15) is 0 Å². The monoisotopic (exact) mass is 306 g/mol. The van der Waals surface area contributed by atoms with Crippen molar-refractivity contribution in [3.05, 3.63) is 42.5 Å². The maximum atomic E-state index is 11.1. The predicted octanol–water partition coefficient (Wildman–Crippen LogP) is 2.79. The first-order valence-corrected chi connectivity index (χ1v) is 7.94. The molecule has 3 N–H and O–H groups in total. The molecule has 0 fully saturated rings. The van der Waals surface area contributed by atoms with Crippen LogP contribution in [0.25, 0.3) is 21.3 Å². The molecule has 0 aliphatic heterocycles. The van der Waals surface area contributed by atoms with E-state index in [1.165, 1.54) is 0 Å². The summed E-state index contributed by atoms with van der Waals surface area (Å²) in [6, 6.07) is 12.8. The van der Waals surface area contributed by atoms with Crippen LogP contribution < -0.4 is 5.73 Å². The average molecular weight is 306 g/mol. The lowest BCUT2D eigenvalue weighted by molar-refractivity contribution is 0.482. The molecule has 1 aromatic heterocycles. The Morgan fingerprint density at radius 1 is 1.15 bits per heavy atom. The van der Waals surface area contributed by atoms with E-state index < -0.39 is 10.1 Å². The van der Waals surface area contributed by atoms with E-state index in [1.54, 1.807) is 12.1 Å². The number of rotatable bonds is 2. The second-order valence-electron chi connectivity index (χ2n) is 4.22. The Morgan fingerprint density at radius 2 is 1.90 bits per heavy atom. The molecule has 2 aromatic carbocycles. The molecular formula is C13H10N2O3S2. The fraction of sp³-hybridized carbons (Fsp3) is 0. The van der Waals surface area contributed by atoms with Gasteiger partial charge in [0.05, 0.1) is 10.2 Å². The molecule has 0 unspecified atom stereocenters. The van der Waals surface area contributed by atoms with Gasteiger partial charge in [-0.2, -0.15) is 8.42 Å². The van der Waals surface area contributed by atoms with E-state index in [0.717, 1.165) is 22.5 Å². The number of thiazole rings is 1. The number of benzene rings is 2. The Kier molecular flexibility index (Phi) is 2.97. The smallest absolute Gasteiger partial charge is 0.322 e. The number of hydrogen-bond donors (Lipinski definition) is 2. The third kappa shape index (κ3) is 2.26. The number of nitrogens with zero attached hydrogens (tertiary/aromatic N) is 1. The molecule has 0 saturated carbocycles. The fourth-order valence-corrected chi connectivity index (χ4v) is 3.58. The lowest BCUT2D eigenvalue weighted by Gasteiger charge is -2.04. The zero-order valence-electron chi connectivity index (χ0n) is 10.1. The van der Waals surface area contributed by atoms with Gasteiger partial charge < -0.3 is 5.73 Å². The Morgan fingerprint density at radius 3 is 2.60 bits per heavy atom. The van der Waals surface area contributed by atoms with Crippen LogP contribution in [0, 0.1) is 0 Å².